The van der Waals surface area contributed by atoms with Gasteiger partial charge in [-0.2, -0.15) is 10.4 Å². The first-order valence-electron chi connectivity index (χ1n) is 4.96. The van der Waals surface area contributed by atoms with Crippen LogP contribution < -0.4 is 0 Å². The molecule has 0 amide bonds. The maximum absolute atomic E-state index is 10.7. The number of para-hydroxylation sites is 1. The fourth-order valence-electron chi connectivity index (χ4n) is 1.54. The molecule has 1 aromatic carbocycles. The maximum atomic E-state index is 10.7. The molecular formula is C12H9N3O2. The summed E-state index contributed by atoms with van der Waals surface area (Å²) in [5.41, 5.74) is 1.52. The van der Waals surface area contributed by atoms with Gasteiger partial charge in [0.1, 0.15) is 0 Å². The van der Waals surface area contributed by atoms with E-state index in [2.05, 4.69) is 11.2 Å². The van der Waals surface area contributed by atoms with Crippen LogP contribution in [0.25, 0.3) is 5.69 Å². The van der Waals surface area contributed by atoms with Crippen molar-refractivity contribution in [1.29, 1.82) is 5.26 Å². The van der Waals surface area contributed by atoms with E-state index in [-0.39, 0.29) is 12.1 Å². The van der Waals surface area contributed by atoms with Crippen molar-refractivity contribution >= 4 is 5.97 Å². The van der Waals surface area contributed by atoms with Gasteiger partial charge in [0.25, 0.3) is 0 Å². The summed E-state index contributed by atoms with van der Waals surface area (Å²) in [6, 6.07) is 10.8. The molecule has 0 aliphatic heterocycles. The summed E-state index contributed by atoms with van der Waals surface area (Å²) in [5, 5.41) is 21.4. The molecule has 0 spiro atoms. The van der Waals surface area contributed by atoms with Crippen LogP contribution in [-0.2, 0) is 6.42 Å². The van der Waals surface area contributed by atoms with Gasteiger partial charge in [-0.1, -0.05) is 18.2 Å². The molecule has 17 heavy (non-hydrogen) atoms. The quantitative estimate of drug-likeness (QED) is 0.864. The van der Waals surface area contributed by atoms with Gasteiger partial charge in [0, 0.05) is 6.20 Å². The van der Waals surface area contributed by atoms with E-state index in [9.17, 15) is 4.79 Å². The van der Waals surface area contributed by atoms with Crippen LogP contribution in [0.2, 0.25) is 0 Å². The summed E-state index contributed by atoms with van der Waals surface area (Å²) in [4.78, 5) is 10.7. The minimum Gasteiger partial charge on any atom is -0.476 e. The molecule has 1 heterocycles. The van der Waals surface area contributed by atoms with E-state index in [1.165, 1.54) is 10.7 Å². The lowest BCUT2D eigenvalue weighted by Crippen LogP contribution is -2.03. The third-order valence-electron chi connectivity index (χ3n) is 2.32. The number of hydrogen-bond acceptors (Lipinski definition) is 3. The fourth-order valence-corrected chi connectivity index (χ4v) is 1.54. The first kappa shape index (κ1) is 10.9. The van der Waals surface area contributed by atoms with Gasteiger partial charge in [-0.15, -0.1) is 0 Å². The first-order valence-corrected chi connectivity index (χ1v) is 4.96. The van der Waals surface area contributed by atoms with Gasteiger partial charge in [0.15, 0.2) is 5.69 Å². The van der Waals surface area contributed by atoms with Crippen LogP contribution in [0.15, 0.2) is 36.5 Å². The highest BCUT2D eigenvalue weighted by Gasteiger charge is 2.09. The molecule has 1 N–H and O–H groups in total. The Morgan fingerprint density at radius 2 is 2.18 bits per heavy atom. The zero-order valence-electron chi connectivity index (χ0n) is 8.87. The Balaban J connectivity index is 2.45. The lowest BCUT2D eigenvalue weighted by molar-refractivity contribution is 0.0690. The Hall–Kier alpha value is -2.61. The molecular weight excluding hydrogens is 218 g/mol. The highest BCUT2D eigenvalue weighted by molar-refractivity contribution is 5.85. The van der Waals surface area contributed by atoms with Crippen molar-refractivity contribution in [3.8, 4) is 11.8 Å². The molecule has 84 valence electrons. The second-order valence-electron chi connectivity index (χ2n) is 3.41. The van der Waals surface area contributed by atoms with Crippen molar-refractivity contribution in [2.24, 2.45) is 0 Å². The largest absolute Gasteiger partial charge is 0.476 e. The predicted octanol–water partition coefficient (Wildman–Crippen LogP) is 1.64. The molecule has 0 aliphatic rings. The molecule has 0 bridgehead atoms. The Morgan fingerprint density at radius 3 is 2.82 bits per heavy atom. The normalized spacial score (nSPS) is 9.82. The fraction of sp³-hybridized carbons (Fsp3) is 0.0833. The van der Waals surface area contributed by atoms with Crippen molar-refractivity contribution in [2.75, 3.05) is 0 Å². The van der Waals surface area contributed by atoms with Crippen LogP contribution in [0.4, 0.5) is 0 Å². The average molecular weight is 227 g/mol. The first-order chi connectivity index (χ1) is 8.22. The van der Waals surface area contributed by atoms with Gasteiger partial charge >= 0.3 is 5.97 Å². The molecule has 2 rings (SSSR count). The number of hydrogen-bond donors (Lipinski definition) is 1. The van der Waals surface area contributed by atoms with Crippen molar-refractivity contribution in [2.45, 2.75) is 6.42 Å². The summed E-state index contributed by atoms with van der Waals surface area (Å²) in [7, 11) is 0. The molecule has 0 atom stereocenters. The summed E-state index contributed by atoms with van der Waals surface area (Å²) < 4.78 is 1.47. The van der Waals surface area contributed by atoms with Crippen LogP contribution in [0.5, 0.6) is 0 Å². The number of aromatic carboxylic acids is 1. The summed E-state index contributed by atoms with van der Waals surface area (Å²) in [6.07, 6.45) is 1.83. The van der Waals surface area contributed by atoms with E-state index in [4.69, 9.17) is 10.4 Å². The maximum Gasteiger partial charge on any atom is 0.356 e. The van der Waals surface area contributed by atoms with Gasteiger partial charge in [0.05, 0.1) is 18.2 Å². The minimum absolute atomic E-state index is 0.0169. The van der Waals surface area contributed by atoms with Crippen molar-refractivity contribution in [3.05, 3.63) is 47.8 Å². The van der Waals surface area contributed by atoms with Gasteiger partial charge in [-0.25, -0.2) is 9.48 Å². The Morgan fingerprint density at radius 1 is 1.41 bits per heavy atom. The Labute approximate surface area is 97.5 Å². The minimum atomic E-state index is -1.07. The number of aromatic nitrogens is 2. The second kappa shape index (κ2) is 4.49. The van der Waals surface area contributed by atoms with E-state index >= 15 is 0 Å². The number of rotatable bonds is 3. The SMILES string of the molecule is N#CCc1ccccc1-n1ccc(C(=O)O)n1. The lowest BCUT2D eigenvalue weighted by atomic mass is 10.1. The van der Waals surface area contributed by atoms with Crippen molar-refractivity contribution < 1.29 is 9.90 Å². The van der Waals surface area contributed by atoms with Crippen LogP contribution in [-0.4, -0.2) is 20.9 Å². The van der Waals surface area contributed by atoms with Crippen LogP contribution in [0.1, 0.15) is 16.1 Å². The van der Waals surface area contributed by atoms with Gasteiger partial charge < -0.3 is 5.11 Å². The highest BCUT2D eigenvalue weighted by atomic mass is 16.4. The molecule has 2 aromatic rings. The number of carboxylic acids is 1. The van der Waals surface area contributed by atoms with E-state index in [1.807, 2.05) is 18.2 Å². The monoisotopic (exact) mass is 227 g/mol. The van der Waals surface area contributed by atoms with E-state index in [0.717, 1.165) is 11.3 Å². The molecule has 0 fully saturated rings. The molecule has 0 unspecified atom stereocenters. The van der Waals surface area contributed by atoms with Crippen LogP contribution in [0, 0.1) is 11.3 Å². The number of carbonyl (C=O) groups is 1. The summed E-state index contributed by atoms with van der Waals surface area (Å²) in [5.74, 6) is -1.07. The number of carboxylic acid groups (broad SMARTS) is 1. The van der Waals surface area contributed by atoms with Gasteiger partial charge in [0.2, 0.25) is 0 Å². The van der Waals surface area contributed by atoms with Crippen molar-refractivity contribution in [1.82, 2.24) is 9.78 Å². The number of nitrogens with zero attached hydrogens (tertiary/aromatic N) is 3. The van der Waals surface area contributed by atoms with Gasteiger partial charge in [-0.3, -0.25) is 0 Å². The van der Waals surface area contributed by atoms with E-state index in [1.54, 1.807) is 12.3 Å². The smallest absolute Gasteiger partial charge is 0.356 e. The molecule has 5 nitrogen and oxygen atoms in total. The standard InChI is InChI=1S/C12H9N3O2/c13-7-5-9-3-1-2-4-11(9)15-8-6-10(14-15)12(16)17/h1-4,6,8H,5H2,(H,16,17). The predicted molar refractivity (Wildman–Crippen MR) is 59.8 cm³/mol. The zero-order chi connectivity index (χ0) is 12.3. The molecule has 5 heteroatoms. The van der Waals surface area contributed by atoms with Crippen LogP contribution in [0.3, 0.4) is 0 Å². The zero-order valence-corrected chi connectivity index (χ0v) is 8.87. The van der Waals surface area contributed by atoms with E-state index in [0.29, 0.717) is 0 Å². The molecule has 0 radical (unpaired) electrons. The highest BCUT2D eigenvalue weighted by Crippen LogP contribution is 2.14. The van der Waals surface area contributed by atoms with Crippen molar-refractivity contribution in [3.63, 3.8) is 0 Å². The topological polar surface area (TPSA) is 78.9 Å². The lowest BCUT2D eigenvalue weighted by Gasteiger charge is -2.05. The third-order valence-corrected chi connectivity index (χ3v) is 2.32. The average Bonchev–Trinajstić information content (AvgIpc) is 2.79. The van der Waals surface area contributed by atoms with Gasteiger partial charge in [-0.05, 0) is 17.7 Å². The van der Waals surface area contributed by atoms with Crippen LogP contribution >= 0.6 is 0 Å². The third kappa shape index (κ3) is 2.16. The molecule has 0 saturated carbocycles. The molecule has 0 saturated heterocycles. The molecule has 0 aliphatic carbocycles. The number of nitriles is 1. The van der Waals surface area contributed by atoms with E-state index < -0.39 is 5.97 Å². The second-order valence-corrected chi connectivity index (χ2v) is 3.41. The Bertz CT molecular complexity index is 596. The molecule has 1 aromatic heterocycles. The Kier molecular flexibility index (Phi) is 2.88. The number of benzene rings is 1. The summed E-state index contributed by atoms with van der Waals surface area (Å²) in [6.45, 7) is 0. The summed E-state index contributed by atoms with van der Waals surface area (Å²) >= 11 is 0.